The molecule has 8 heteroatoms. The first-order valence-corrected chi connectivity index (χ1v) is 11.9. The second-order valence-electron chi connectivity index (χ2n) is 7.92. The number of amides is 3. The van der Waals surface area contributed by atoms with Crippen LogP contribution < -0.4 is 10.6 Å². The summed E-state index contributed by atoms with van der Waals surface area (Å²) in [7, 11) is 1.58. The molecule has 0 aliphatic carbocycles. The van der Waals surface area contributed by atoms with Crippen LogP contribution in [-0.4, -0.2) is 62.0 Å². The lowest BCUT2D eigenvalue weighted by Crippen LogP contribution is -2.54. The Balaban J connectivity index is 1.55. The molecular formula is C24H31N3O4S. The maximum atomic E-state index is 12.8. The number of nitrogens with one attached hydrogen (secondary N) is 2. The van der Waals surface area contributed by atoms with Crippen molar-refractivity contribution in [1.29, 1.82) is 0 Å². The second kappa shape index (κ2) is 12.4. The van der Waals surface area contributed by atoms with E-state index in [0.717, 1.165) is 12.0 Å². The van der Waals surface area contributed by atoms with Crippen molar-refractivity contribution in [2.45, 2.75) is 31.7 Å². The highest BCUT2D eigenvalue weighted by atomic mass is 32.1. The SMILES string of the molecule is COCCNC(=O)C(NC(=O)c1cccs1)C1CCN(C(=O)CCc2ccccc2)CC1. The first-order valence-electron chi connectivity index (χ1n) is 11.0. The van der Waals surface area contributed by atoms with Crippen molar-refractivity contribution < 1.29 is 19.1 Å². The number of carbonyl (C=O) groups is 3. The van der Waals surface area contributed by atoms with Crippen LogP contribution in [0.15, 0.2) is 47.8 Å². The molecular weight excluding hydrogens is 426 g/mol. The average molecular weight is 458 g/mol. The van der Waals surface area contributed by atoms with Crippen molar-refractivity contribution in [3.63, 3.8) is 0 Å². The molecule has 172 valence electrons. The lowest BCUT2D eigenvalue weighted by molar-refractivity contribution is -0.133. The van der Waals surface area contributed by atoms with E-state index in [1.54, 1.807) is 13.2 Å². The van der Waals surface area contributed by atoms with Gasteiger partial charge in [0.1, 0.15) is 6.04 Å². The second-order valence-corrected chi connectivity index (χ2v) is 8.86. The van der Waals surface area contributed by atoms with Crippen LogP contribution in [-0.2, 0) is 20.7 Å². The van der Waals surface area contributed by atoms with Crippen LogP contribution in [0.5, 0.6) is 0 Å². The van der Waals surface area contributed by atoms with Crippen LogP contribution >= 0.6 is 11.3 Å². The van der Waals surface area contributed by atoms with Crippen LogP contribution in [0.25, 0.3) is 0 Å². The maximum Gasteiger partial charge on any atom is 0.262 e. The number of hydrogen-bond acceptors (Lipinski definition) is 5. The van der Waals surface area contributed by atoms with Gasteiger partial charge < -0.3 is 20.3 Å². The fourth-order valence-corrected chi connectivity index (χ4v) is 4.57. The minimum absolute atomic E-state index is 0.0281. The molecule has 1 aliphatic heterocycles. The Labute approximate surface area is 193 Å². The van der Waals surface area contributed by atoms with E-state index in [1.807, 2.05) is 46.7 Å². The number of nitrogens with zero attached hydrogens (tertiary/aromatic N) is 1. The van der Waals surface area contributed by atoms with Gasteiger partial charge in [0.05, 0.1) is 11.5 Å². The molecule has 3 amide bonds. The average Bonchev–Trinajstić information content (AvgIpc) is 3.37. The van der Waals surface area contributed by atoms with Gasteiger partial charge in [-0.05, 0) is 42.2 Å². The third-order valence-electron chi connectivity index (χ3n) is 5.75. The molecule has 0 bridgehead atoms. The number of piperidine rings is 1. The minimum Gasteiger partial charge on any atom is -0.383 e. The third kappa shape index (κ3) is 6.90. The van der Waals surface area contributed by atoms with Gasteiger partial charge in [0.15, 0.2) is 0 Å². The summed E-state index contributed by atoms with van der Waals surface area (Å²) in [6, 6.07) is 12.9. The topological polar surface area (TPSA) is 87.7 Å². The van der Waals surface area contributed by atoms with Gasteiger partial charge in [-0.25, -0.2) is 0 Å². The normalized spacial score (nSPS) is 15.2. The van der Waals surface area contributed by atoms with E-state index >= 15 is 0 Å². The van der Waals surface area contributed by atoms with Gasteiger partial charge >= 0.3 is 0 Å². The van der Waals surface area contributed by atoms with Crippen LogP contribution in [0.1, 0.15) is 34.5 Å². The Morgan fingerprint density at radius 2 is 1.88 bits per heavy atom. The van der Waals surface area contributed by atoms with E-state index in [9.17, 15) is 14.4 Å². The molecule has 2 N–H and O–H groups in total. The highest BCUT2D eigenvalue weighted by Gasteiger charge is 2.34. The molecule has 0 saturated carbocycles. The molecule has 1 aromatic heterocycles. The Morgan fingerprint density at radius 3 is 2.53 bits per heavy atom. The highest BCUT2D eigenvalue weighted by molar-refractivity contribution is 7.12. The van der Waals surface area contributed by atoms with Gasteiger partial charge in [-0.15, -0.1) is 11.3 Å². The molecule has 1 unspecified atom stereocenters. The van der Waals surface area contributed by atoms with E-state index in [-0.39, 0.29) is 23.6 Å². The first-order chi connectivity index (χ1) is 15.6. The van der Waals surface area contributed by atoms with E-state index < -0.39 is 6.04 Å². The molecule has 1 atom stereocenters. The van der Waals surface area contributed by atoms with Crippen molar-refractivity contribution in [2.24, 2.45) is 5.92 Å². The van der Waals surface area contributed by atoms with Crippen molar-refractivity contribution in [3.05, 3.63) is 58.3 Å². The van der Waals surface area contributed by atoms with Crippen LogP contribution in [0.3, 0.4) is 0 Å². The zero-order valence-corrected chi connectivity index (χ0v) is 19.2. The summed E-state index contributed by atoms with van der Waals surface area (Å²) in [6.45, 7) is 1.98. The number of hydrogen-bond donors (Lipinski definition) is 2. The monoisotopic (exact) mass is 457 g/mol. The van der Waals surface area contributed by atoms with Crippen molar-refractivity contribution in [1.82, 2.24) is 15.5 Å². The molecule has 0 radical (unpaired) electrons. The van der Waals surface area contributed by atoms with E-state index in [0.29, 0.717) is 50.4 Å². The first kappa shape index (κ1) is 23.9. The number of carbonyl (C=O) groups excluding carboxylic acids is 3. The predicted octanol–water partition coefficient (Wildman–Crippen LogP) is 2.48. The summed E-state index contributed by atoms with van der Waals surface area (Å²) in [4.78, 5) is 40.6. The fraction of sp³-hybridized carbons (Fsp3) is 0.458. The molecule has 1 aliphatic rings. The van der Waals surface area contributed by atoms with Gasteiger partial charge in [0, 0.05) is 33.2 Å². The van der Waals surface area contributed by atoms with Gasteiger partial charge in [0.2, 0.25) is 11.8 Å². The van der Waals surface area contributed by atoms with Gasteiger partial charge in [0.25, 0.3) is 5.91 Å². The summed E-state index contributed by atoms with van der Waals surface area (Å²) in [6.07, 6.45) is 2.54. The molecule has 1 fully saturated rings. The fourth-order valence-electron chi connectivity index (χ4n) is 3.94. The number of methoxy groups -OCH3 is 1. The van der Waals surface area contributed by atoms with Gasteiger partial charge in [-0.3, -0.25) is 14.4 Å². The Morgan fingerprint density at radius 1 is 1.12 bits per heavy atom. The van der Waals surface area contributed by atoms with Crippen LogP contribution in [0.2, 0.25) is 0 Å². The Hall–Kier alpha value is -2.71. The van der Waals surface area contributed by atoms with E-state index in [4.69, 9.17) is 4.74 Å². The molecule has 1 saturated heterocycles. The predicted molar refractivity (Wildman–Crippen MR) is 125 cm³/mol. The number of benzene rings is 1. The van der Waals surface area contributed by atoms with Crippen molar-refractivity contribution in [3.8, 4) is 0 Å². The number of ether oxygens (including phenoxy) is 1. The van der Waals surface area contributed by atoms with Crippen LogP contribution in [0.4, 0.5) is 0 Å². The van der Waals surface area contributed by atoms with Crippen LogP contribution in [0, 0.1) is 5.92 Å². The van der Waals surface area contributed by atoms with Gasteiger partial charge in [-0.2, -0.15) is 0 Å². The zero-order chi connectivity index (χ0) is 22.8. The number of likely N-dealkylation sites (tertiary alicyclic amines) is 1. The lowest BCUT2D eigenvalue weighted by atomic mass is 9.88. The van der Waals surface area contributed by atoms with Crippen molar-refractivity contribution >= 4 is 29.1 Å². The largest absolute Gasteiger partial charge is 0.383 e. The summed E-state index contributed by atoms with van der Waals surface area (Å²) in [5.41, 5.74) is 1.15. The molecule has 3 rings (SSSR count). The maximum absolute atomic E-state index is 12.8. The van der Waals surface area contributed by atoms with Gasteiger partial charge in [-0.1, -0.05) is 36.4 Å². The molecule has 0 spiro atoms. The minimum atomic E-state index is -0.636. The summed E-state index contributed by atoms with van der Waals surface area (Å²) >= 11 is 1.34. The van der Waals surface area contributed by atoms with E-state index in [2.05, 4.69) is 10.6 Å². The highest BCUT2D eigenvalue weighted by Crippen LogP contribution is 2.23. The molecule has 2 aromatic rings. The molecule has 32 heavy (non-hydrogen) atoms. The number of rotatable bonds is 10. The lowest BCUT2D eigenvalue weighted by Gasteiger charge is -2.36. The smallest absolute Gasteiger partial charge is 0.262 e. The number of thiophene rings is 1. The molecule has 7 nitrogen and oxygen atoms in total. The third-order valence-corrected chi connectivity index (χ3v) is 6.62. The standard InChI is InChI=1S/C24H31N3O4S/c1-31-16-13-25-24(30)22(26-23(29)20-8-5-17-32-20)19-11-14-27(15-12-19)21(28)10-9-18-6-3-2-4-7-18/h2-8,17,19,22H,9-16H2,1H3,(H,25,30)(H,26,29). The van der Waals surface area contributed by atoms with E-state index in [1.165, 1.54) is 11.3 Å². The van der Waals surface area contributed by atoms with Crippen molar-refractivity contribution in [2.75, 3.05) is 33.4 Å². The summed E-state index contributed by atoms with van der Waals surface area (Å²) < 4.78 is 5.01. The molecule has 2 heterocycles. The molecule has 1 aromatic carbocycles. The number of aryl methyl sites for hydroxylation is 1. The Bertz CT molecular complexity index is 865. The zero-order valence-electron chi connectivity index (χ0n) is 18.4. The summed E-state index contributed by atoms with van der Waals surface area (Å²) in [5.74, 6) is -0.343. The Kier molecular flexibility index (Phi) is 9.25. The summed E-state index contributed by atoms with van der Waals surface area (Å²) in [5, 5.41) is 7.61. The quantitative estimate of drug-likeness (QED) is 0.537.